The highest BCUT2D eigenvalue weighted by molar-refractivity contribution is 14.1. The molecule has 0 atom stereocenters. The minimum absolute atomic E-state index is 0.527. The first-order valence-corrected chi connectivity index (χ1v) is 3.98. The van der Waals surface area contributed by atoms with Gasteiger partial charge in [-0.05, 0) is 36.4 Å². The number of hydrogen-bond acceptors (Lipinski definition) is 1. The quantitative estimate of drug-likeness (QED) is 0.682. The Hall–Kier alpha value is -0.0600. The van der Waals surface area contributed by atoms with E-state index in [1.54, 1.807) is 0 Å². The first-order chi connectivity index (χ1) is 4.22. The minimum Gasteiger partial charge on any atom is -0.324 e. The highest BCUT2D eigenvalue weighted by Gasteiger charge is 1.99. The maximum absolute atomic E-state index is 4.09. The molecule has 0 aromatic carbocycles. The fourth-order valence-corrected chi connectivity index (χ4v) is 1.56. The molecule has 0 saturated carbocycles. The Morgan fingerprint density at radius 2 is 2.33 bits per heavy atom. The van der Waals surface area contributed by atoms with Crippen LogP contribution in [0.25, 0.3) is 0 Å². The van der Waals surface area contributed by atoms with Gasteiger partial charge >= 0.3 is 0 Å². The number of hydrogen-bond donors (Lipinski definition) is 0. The molecule has 0 aliphatic carbocycles. The molecule has 1 aromatic rings. The van der Waals surface area contributed by atoms with Crippen LogP contribution in [0.4, 0.5) is 0 Å². The summed E-state index contributed by atoms with van der Waals surface area (Å²) in [5, 5.41) is 0. The topological polar surface area (TPSA) is 17.8 Å². The van der Waals surface area contributed by atoms with Gasteiger partial charge in [-0.3, -0.25) is 0 Å². The summed E-state index contributed by atoms with van der Waals surface area (Å²) < 4.78 is 3.18. The van der Waals surface area contributed by atoms with Gasteiger partial charge in [0.1, 0.15) is 0 Å². The van der Waals surface area contributed by atoms with Crippen molar-refractivity contribution in [3.63, 3.8) is 0 Å². The lowest BCUT2D eigenvalue weighted by Crippen LogP contribution is -2.00. The molecule has 1 heterocycles. The number of imidazole rings is 1. The van der Waals surface area contributed by atoms with E-state index in [1.807, 2.05) is 12.4 Å². The fourth-order valence-electron chi connectivity index (χ4n) is 0.680. The molecule has 0 radical (unpaired) electrons. The lowest BCUT2D eigenvalue weighted by atomic mass is 10.4. The summed E-state index contributed by atoms with van der Waals surface area (Å²) in [6.07, 6.45) is 3.81. The van der Waals surface area contributed by atoms with Crippen molar-refractivity contribution in [3.05, 3.63) is 16.2 Å². The van der Waals surface area contributed by atoms with Gasteiger partial charge in [0.25, 0.3) is 0 Å². The van der Waals surface area contributed by atoms with Crippen LogP contribution in [0.1, 0.15) is 19.9 Å². The Bertz CT molecular complexity index is 193. The van der Waals surface area contributed by atoms with Crippen molar-refractivity contribution < 1.29 is 0 Å². The summed E-state index contributed by atoms with van der Waals surface area (Å²) in [6.45, 7) is 4.29. The van der Waals surface area contributed by atoms with Gasteiger partial charge in [0, 0.05) is 18.4 Å². The molecule has 0 aliphatic heterocycles. The third-order valence-corrected chi connectivity index (χ3v) is 2.01. The molecule has 0 bridgehead atoms. The molecule has 9 heavy (non-hydrogen) atoms. The molecular formula is C6H9IN2. The van der Waals surface area contributed by atoms with Gasteiger partial charge in [-0.25, -0.2) is 4.98 Å². The maximum Gasteiger partial charge on any atom is 0.171 e. The van der Waals surface area contributed by atoms with Crippen LogP contribution in [0.2, 0.25) is 0 Å². The molecule has 0 amide bonds. The van der Waals surface area contributed by atoms with Crippen molar-refractivity contribution in [1.29, 1.82) is 0 Å². The molecule has 0 unspecified atom stereocenters. The van der Waals surface area contributed by atoms with Gasteiger partial charge in [-0.15, -0.1) is 0 Å². The standard InChI is InChI=1S/C6H9IN2/c1-5(2)9-4-3-8-6(9)7/h3-5H,1-2H3. The zero-order chi connectivity index (χ0) is 6.85. The first-order valence-electron chi connectivity index (χ1n) is 2.90. The number of rotatable bonds is 1. The fraction of sp³-hybridized carbons (Fsp3) is 0.500. The van der Waals surface area contributed by atoms with E-state index in [4.69, 9.17) is 0 Å². The second kappa shape index (κ2) is 2.68. The van der Waals surface area contributed by atoms with Crippen LogP contribution in [0.15, 0.2) is 12.4 Å². The van der Waals surface area contributed by atoms with Gasteiger partial charge in [0.2, 0.25) is 0 Å². The molecule has 0 fully saturated rings. The third kappa shape index (κ3) is 1.44. The van der Waals surface area contributed by atoms with Crippen molar-refractivity contribution in [2.75, 3.05) is 0 Å². The van der Waals surface area contributed by atoms with Gasteiger partial charge in [-0.2, -0.15) is 0 Å². The minimum atomic E-state index is 0.527. The van der Waals surface area contributed by atoms with Crippen molar-refractivity contribution in [1.82, 2.24) is 9.55 Å². The van der Waals surface area contributed by atoms with E-state index in [1.165, 1.54) is 0 Å². The van der Waals surface area contributed by atoms with Gasteiger partial charge in [-0.1, -0.05) is 0 Å². The van der Waals surface area contributed by atoms with E-state index in [2.05, 4.69) is 46.0 Å². The van der Waals surface area contributed by atoms with E-state index in [0.717, 1.165) is 3.83 Å². The van der Waals surface area contributed by atoms with Crippen LogP contribution in [0.3, 0.4) is 0 Å². The molecule has 0 N–H and O–H groups in total. The average molecular weight is 236 g/mol. The molecular weight excluding hydrogens is 227 g/mol. The maximum atomic E-state index is 4.09. The molecule has 0 saturated heterocycles. The number of aromatic nitrogens is 2. The summed E-state index contributed by atoms with van der Waals surface area (Å²) in [5.41, 5.74) is 0. The Labute approximate surface area is 68.4 Å². The van der Waals surface area contributed by atoms with Gasteiger partial charge in [0.05, 0.1) is 0 Å². The molecule has 1 aromatic heterocycles. The summed E-state index contributed by atoms with van der Waals surface area (Å²) >= 11 is 2.22. The first kappa shape index (κ1) is 7.05. The predicted molar refractivity (Wildman–Crippen MR) is 45.3 cm³/mol. The molecule has 0 spiro atoms. The van der Waals surface area contributed by atoms with E-state index in [0.29, 0.717) is 6.04 Å². The van der Waals surface area contributed by atoms with Gasteiger partial charge in [0.15, 0.2) is 3.83 Å². The lowest BCUT2D eigenvalue weighted by Gasteiger charge is -2.05. The van der Waals surface area contributed by atoms with E-state index in [9.17, 15) is 0 Å². The normalized spacial score (nSPS) is 10.7. The Kier molecular flexibility index (Phi) is 2.10. The number of nitrogens with zero attached hydrogens (tertiary/aromatic N) is 2. The van der Waals surface area contributed by atoms with Crippen LogP contribution in [-0.2, 0) is 0 Å². The molecule has 0 aliphatic rings. The molecule has 50 valence electrons. The van der Waals surface area contributed by atoms with E-state index >= 15 is 0 Å². The summed E-state index contributed by atoms with van der Waals surface area (Å²) in [5.74, 6) is 0. The highest BCUT2D eigenvalue weighted by atomic mass is 127. The monoisotopic (exact) mass is 236 g/mol. The average Bonchev–Trinajstić information content (AvgIpc) is 2.13. The summed E-state index contributed by atoms with van der Waals surface area (Å²) in [7, 11) is 0. The second-order valence-electron chi connectivity index (χ2n) is 2.20. The van der Waals surface area contributed by atoms with Crippen molar-refractivity contribution in [2.24, 2.45) is 0 Å². The zero-order valence-corrected chi connectivity index (χ0v) is 7.66. The summed E-state index contributed by atoms with van der Waals surface area (Å²) in [4.78, 5) is 4.09. The smallest absolute Gasteiger partial charge is 0.171 e. The largest absolute Gasteiger partial charge is 0.324 e. The van der Waals surface area contributed by atoms with Crippen LogP contribution in [0.5, 0.6) is 0 Å². The molecule has 3 heteroatoms. The van der Waals surface area contributed by atoms with E-state index < -0.39 is 0 Å². The van der Waals surface area contributed by atoms with Crippen LogP contribution < -0.4 is 0 Å². The summed E-state index contributed by atoms with van der Waals surface area (Å²) in [6, 6.07) is 0.527. The molecule has 2 nitrogen and oxygen atoms in total. The van der Waals surface area contributed by atoms with Crippen LogP contribution >= 0.6 is 22.6 Å². The Balaban J connectivity index is 2.94. The third-order valence-electron chi connectivity index (χ3n) is 1.18. The van der Waals surface area contributed by atoms with Crippen molar-refractivity contribution >= 4 is 22.6 Å². The van der Waals surface area contributed by atoms with Crippen molar-refractivity contribution in [2.45, 2.75) is 19.9 Å². The lowest BCUT2D eigenvalue weighted by molar-refractivity contribution is 0.585. The van der Waals surface area contributed by atoms with Crippen LogP contribution in [0, 0.1) is 3.83 Å². The van der Waals surface area contributed by atoms with Gasteiger partial charge < -0.3 is 4.57 Å². The van der Waals surface area contributed by atoms with Crippen LogP contribution in [-0.4, -0.2) is 9.55 Å². The zero-order valence-electron chi connectivity index (χ0n) is 5.50. The van der Waals surface area contributed by atoms with Crippen molar-refractivity contribution in [3.8, 4) is 0 Å². The highest BCUT2D eigenvalue weighted by Crippen LogP contribution is 2.08. The Morgan fingerprint density at radius 1 is 1.67 bits per heavy atom. The molecule has 1 rings (SSSR count). The number of halogens is 1. The second-order valence-corrected chi connectivity index (χ2v) is 3.16. The predicted octanol–water partition coefficient (Wildman–Crippen LogP) is 2.07. The SMILES string of the molecule is CC(C)n1ccnc1I. The van der Waals surface area contributed by atoms with E-state index in [-0.39, 0.29) is 0 Å². The Morgan fingerprint density at radius 3 is 2.56 bits per heavy atom.